The van der Waals surface area contributed by atoms with Gasteiger partial charge in [-0.3, -0.25) is 0 Å². The minimum Gasteiger partial charge on any atom is -0.347 e. The Hall–Kier alpha value is -0.550. The molecule has 4 nitrogen and oxygen atoms in total. The average Bonchev–Trinajstić information content (AvgIpc) is 2.28. The van der Waals surface area contributed by atoms with Crippen LogP contribution in [0.2, 0.25) is 5.28 Å². The van der Waals surface area contributed by atoms with Crippen molar-refractivity contribution in [3.05, 3.63) is 5.28 Å². The number of aromatic nitrogens is 3. The molecule has 1 saturated carbocycles. The number of halogens is 1. The number of rotatable bonds is 3. The molecule has 0 aliphatic heterocycles. The molecule has 0 spiro atoms. The number of thioether (sulfide) groups is 1. The first-order valence-corrected chi connectivity index (χ1v) is 7.56. The van der Waals surface area contributed by atoms with Gasteiger partial charge in [-0.2, -0.15) is 15.0 Å². The molecule has 100 valence electrons. The van der Waals surface area contributed by atoms with Crippen LogP contribution < -0.4 is 4.90 Å². The lowest BCUT2D eigenvalue weighted by atomic mass is 9.91. The Kier molecular flexibility index (Phi) is 4.67. The van der Waals surface area contributed by atoms with Gasteiger partial charge in [-0.25, -0.2) is 0 Å². The number of hydrogen-bond acceptors (Lipinski definition) is 5. The molecule has 1 aliphatic rings. The van der Waals surface area contributed by atoms with Gasteiger partial charge in [0.25, 0.3) is 0 Å². The van der Waals surface area contributed by atoms with Crippen LogP contribution in [0.4, 0.5) is 5.95 Å². The van der Waals surface area contributed by atoms with E-state index in [1.165, 1.54) is 25.7 Å². The van der Waals surface area contributed by atoms with E-state index in [1.54, 1.807) is 11.8 Å². The third kappa shape index (κ3) is 3.72. The Morgan fingerprint density at radius 3 is 2.67 bits per heavy atom. The fourth-order valence-corrected chi connectivity index (χ4v) is 3.70. The lowest BCUT2D eigenvalue weighted by molar-refractivity contribution is 0.394. The Labute approximate surface area is 118 Å². The smallest absolute Gasteiger partial charge is 0.230 e. The van der Waals surface area contributed by atoms with Crippen molar-refractivity contribution in [3.63, 3.8) is 0 Å². The van der Waals surface area contributed by atoms with Crippen molar-refractivity contribution >= 4 is 29.3 Å². The predicted molar refractivity (Wildman–Crippen MR) is 76.4 cm³/mol. The summed E-state index contributed by atoms with van der Waals surface area (Å²) in [7, 11) is 3.81. The monoisotopic (exact) mass is 286 g/mol. The van der Waals surface area contributed by atoms with Crippen molar-refractivity contribution in [2.24, 2.45) is 5.92 Å². The van der Waals surface area contributed by atoms with Crippen molar-refractivity contribution in [2.75, 3.05) is 19.0 Å². The van der Waals surface area contributed by atoms with Gasteiger partial charge in [-0.15, -0.1) is 0 Å². The first kappa shape index (κ1) is 13.9. The minimum absolute atomic E-state index is 0.278. The topological polar surface area (TPSA) is 41.9 Å². The van der Waals surface area contributed by atoms with Gasteiger partial charge in [-0.1, -0.05) is 31.5 Å². The normalized spacial score (nSPS) is 24.0. The fraction of sp³-hybridized carbons (Fsp3) is 0.750. The molecule has 1 fully saturated rings. The Balaban J connectivity index is 2.08. The molecule has 0 aromatic carbocycles. The summed E-state index contributed by atoms with van der Waals surface area (Å²) >= 11 is 7.68. The zero-order chi connectivity index (χ0) is 13.1. The molecule has 1 aromatic rings. The van der Waals surface area contributed by atoms with Crippen LogP contribution in [0.5, 0.6) is 0 Å². The summed E-state index contributed by atoms with van der Waals surface area (Å²) in [5, 5.41) is 1.64. The largest absolute Gasteiger partial charge is 0.347 e. The van der Waals surface area contributed by atoms with E-state index in [0.717, 1.165) is 11.1 Å². The van der Waals surface area contributed by atoms with E-state index in [1.807, 2.05) is 19.0 Å². The highest BCUT2D eigenvalue weighted by atomic mass is 35.5. The molecule has 2 atom stereocenters. The van der Waals surface area contributed by atoms with E-state index in [9.17, 15) is 0 Å². The van der Waals surface area contributed by atoms with Crippen LogP contribution in [-0.4, -0.2) is 34.3 Å². The quantitative estimate of drug-likeness (QED) is 0.853. The maximum Gasteiger partial charge on any atom is 0.230 e. The Bertz CT molecular complexity index is 413. The molecule has 1 aliphatic carbocycles. The molecule has 2 rings (SSSR count). The van der Waals surface area contributed by atoms with Crippen LogP contribution in [0.15, 0.2) is 5.16 Å². The fourth-order valence-electron chi connectivity index (χ4n) is 2.21. The van der Waals surface area contributed by atoms with Crippen LogP contribution >= 0.6 is 23.4 Å². The van der Waals surface area contributed by atoms with Crippen molar-refractivity contribution in [3.8, 4) is 0 Å². The van der Waals surface area contributed by atoms with Crippen molar-refractivity contribution in [2.45, 2.75) is 43.0 Å². The van der Waals surface area contributed by atoms with E-state index < -0.39 is 0 Å². The lowest BCUT2D eigenvalue weighted by Crippen LogP contribution is -2.17. The van der Waals surface area contributed by atoms with Crippen molar-refractivity contribution in [1.29, 1.82) is 0 Å². The first-order valence-electron chi connectivity index (χ1n) is 6.30. The molecule has 0 radical (unpaired) electrons. The van der Waals surface area contributed by atoms with Gasteiger partial charge in [0.15, 0.2) is 5.16 Å². The zero-order valence-electron chi connectivity index (χ0n) is 11.1. The van der Waals surface area contributed by atoms with E-state index in [4.69, 9.17) is 11.6 Å². The van der Waals surface area contributed by atoms with Crippen LogP contribution in [0.25, 0.3) is 0 Å². The predicted octanol–water partition coefficient (Wildman–Crippen LogP) is 3.26. The second-order valence-electron chi connectivity index (χ2n) is 5.09. The molecule has 6 heteroatoms. The van der Waals surface area contributed by atoms with Gasteiger partial charge in [0, 0.05) is 19.3 Å². The molecular formula is C12H19ClN4S. The third-order valence-corrected chi connectivity index (χ3v) is 4.46. The SMILES string of the molecule is CC1CCCC(Sc2nc(Cl)nc(N(C)C)n2)C1. The average molecular weight is 287 g/mol. The highest BCUT2D eigenvalue weighted by Gasteiger charge is 2.21. The summed E-state index contributed by atoms with van der Waals surface area (Å²) in [5.74, 6) is 1.43. The van der Waals surface area contributed by atoms with Gasteiger partial charge in [0.05, 0.1) is 0 Å². The molecule has 1 aromatic heterocycles. The summed E-state index contributed by atoms with van der Waals surface area (Å²) in [6.45, 7) is 2.32. The van der Waals surface area contributed by atoms with Gasteiger partial charge in [0.1, 0.15) is 0 Å². The van der Waals surface area contributed by atoms with E-state index in [2.05, 4.69) is 21.9 Å². The molecule has 0 amide bonds. The van der Waals surface area contributed by atoms with E-state index in [-0.39, 0.29) is 5.28 Å². The molecule has 0 bridgehead atoms. The van der Waals surface area contributed by atoms with Gasteiger partial charge >= 0.3 is 0 Å². The van der Waals surface area contributed by atoms with Gasteiger partial charge < -0.3 is 4.90 Å². The molecule has 1 heterocycles. The maximum absolute atomic E-state index is 5.94. The Morgan fingerprint density at radius 1 is 1.22 bits per heavy atom. The van der Waals surface area contributed by atoms with Crippen LogP contribution in [0.1, 0.15) is 32.6 Å². The zero-order valence-corrected chi connectivity index (χ0v) is 12.6. The second-order valence-corrected chi connectivity index (χ2v) is 6.70. The van der Waals surface area contributed by atoms with Gasteiger partial charge in [0.2, 0.25) is 11.2 Å². The van der Waals surface area contributed by atoms with E-state index >= 15 is 0 Å². The molecule has 0 N–H and O–H groups in total. The molecule has 0 saturated heterocycles. The van der Waals surface area contributed by atoms with E-state index in [0.29, 0.717) is 11.2 Å². The van der Waals surface area contributed by atoms with Crippen LogP contribution in [0, 0.1) is 5.92 Å². The number of anilines is 1. The summed E-state index contributed by atoms with van der Waals surface area (Å²) in [6.07, 6.45) is 5.14. The Morgan fingerprint density at radius 2 is 2.00 bits per heavy atom. The summed E-state index contributed by atoms with van der Waals surface area (Å²) in [5.41, 5.74) is 0. The number of hydrogen-bond donors (Lipinski definition) is 0. The highest BCUT2D eigenvalue weighted by Crippen LogP contribution is 2.35. The van der Waals surface area contributed by atoms with Crippen molar-refractivity contribution < 1.29 is 0 Å². The molecular weight excluding hydrogens is 268 g/mol. The minimum atomic E-state index is 0.278. The first-order chi connectivity index (χ1) is 8.54. The third-order valence-electron chi connectivity index (χ3n) is 3.14. The summed E-state index contributed by atoms with van der Waals surface area (Å²) in [4.78, 5) is 14.6. The highest BCUT2D eigenvalue weighted by molar-refractivity contribution is 7.99. The van der Waals surface area contributed by atoms with Gasteiger partial charge in [-0.05, 0) is 30.4 Å². The van der Waals surface area contributed by atoms with Crippen LogP contribution in [0.3, 0.4) is 0 Å². The van der Waals surface area contributed by atoms with Crippen LogP contribution in [-0.2, 0) is 0 Å². The molecule has 2 unspecified atom stereocenters. The summed E-state index contributed by atoms with van der Waals surface area (Å²) < 4.78 is 0. The second kappa shape index (κ2) is 6.06. The summed E-state index contributed by atoms with van der Waals surface area (Å²) in [6, 6.07) is 0. The molecule has 18 heavy (non-hydrogen) atoms. The standard InChI is InChI=1S/C12H19ClN4S/c1-8-5-4-6-9(7-8)18-12-15-10(13)14-11(16-12)17(2)3/h8-9H,4-7H2,1-3H3. The van der Waals surface area contributed by atoms with Crippen molar-refractivity contribution in [1.82, 2.24) is 15.0 Å². The maximum atomic E-state index is 5.94. The lowest BCUT2D eigenvalue weighted by Gasteiger charge is -2.25. The number of nitrogens with zero attached hydrogens (tertiary/aromatic N) is 4.